The van der Waals surface area contributed by atoms with Crippen LogP contribution in [0.3, 0.4) is 0 Å². The number of nitrogens with one attached hydrogen (secondary N) is 1. The van der Waals surface area contributed by atoms with Gasteiger partial charge in [-0.25, -0.2) is 0 Å². The third-order valence-electron chi connectivity index (χ3n) is 1.45. The minimum absolute atomic E-state index is 0.222. The van der Waals surface area contributed by atoms with Gasteiger partial charge >= 0.3 is 7.25 Å². The molecule has 1 N–H and O–H groups in total. The molecule has 1 aliphatic heterocycles. The summed E-state index contributed by atoms with van der Waals surface area (Å²) in [5.74, 6) is 0.222. The third-order valence-corrected chi connectivity index (χ3v) is 1.45. The normalized spacial score (nSPS) is 19.9. The van der Waals surface area contributed by atoms with Crippen LogP contribution in [0.5, 0.6) is 0 Å². The van der Waals surface area contributed by atoms with Crippen molar-refractivity contribution >= 4 is 13.0 Å². The Bertz CT molecular complexity index is 238. The predicted octanol–water partition coefficient (Wildman–Crippen LogP) is 0.134. The molecule has 0 aromatic heterocycles. The van der Waals surface area contributed by atoms with E-state index in [-0.39, 0.29) is 5.78 Å². The van der Waals surface area contributed by atoms with Gasteiger partial charge in [0.25, 0.3) is 0 Å². The summed E-state index contributed by atoms with van der Waals surface area (Å²) in [6, 6.07) is 0. The Balaban J connectivity index is 0.000000336. The van der Waals surface area contributed by atoms with Gasteiger partial charge in [-0.05, 0) is 6.92 Å². The lowest BCUT2D eigenvalue weighted by Crippen LogP contribution is -3.03. The van der Waals surface area contributed by atoms with Crippen molar-refractivity contribution in [1.29, 1.82) is 0 Å². The summed E-state index contributed by atoms with van der Waals surface area (Å²) in [7, 11) is -3.93. The Hall–Kier alpha value is -1.05. The zero-order chi connectivity index (χ0) is 12.1. The molecule has 8 heteroatoms. The average Bonchev–Trinajstić information content (AvgIpc) is 2.29. The highest BCUT2D eigenvalue weighted by atomic mass is 19.5. The molecule has 1 rings (SSSR count). The van der Waals surface area contributed by atoms with Crippen LogP contribution in [0, 0.1) is 0 Å². The SMILES string of the molecule is CC(=O)CN1C=C[NH+](C)C1.F[B-](F)(F)F. The van der Waals surface area contributed by atoms with E-state index in [2.05, 4.69) is 7.05 Å². The number of Topliss-reactive ketones (excluding diaryl/α,β-unsaturated/α-hetero) is 1. The molecule has 0 saturated heterocycles. The Kier molecular flexibility index (Phi) is 5.34. The van der Waals surface area contributed by atoms with Crippen LogP contribution in [0.25, 0.3) is 0 Å². The molecule has 0 fully saturated rings. The molecule has 0 aliphatic carbocycles. The van der Waals surface area contributed by atoms with Crippen LogP contribution < -0.4 is 4.90 Å². The number of rotatable bonds is 2. The molecule has 0 amide bonds. The number of carbonyl (C=O) groups is 1. The number of carbonyl (C=O) groups excluding carboxylic acids is 1. The van der Waals surface area contributed by atoms with Gasteiger partial charge in [-0.2, -0.15) is 0 Å². The van der Waals surface area contributed by atoms with Gasteiger partial charge in [-0.3, -0.25) is 9.69 Å². The van der Waals surface area contributed by atoms with Crippen molar-refractivity contribution < 1.29 is 27.0 Å². The zero-order valence-electron chi connectivity index (χ0n) is 8.51. The molecule has 1 atom stereocenters. The first-order valence-corrected chi connectivity index (χ1v) is 4.30. The fourth-order valence-corrected chi connectivity index (χ4v) is 1.05. The van der Waals surface area contributed by atoms with Gasteiger partial charge in [0, 0.05) is 0 Å². The molecule has 0 aromatic carbocycles. The van der Waals surface area contributed by atoms with Crippen molar-refractivity contribution in [1.82, 2.24) is 4.90 Å². The fourth-order valence-electron chi connectivity index (χ4n) is 1.05. The lowest BCUT2D eigenvalue weighted by Gasteiger charge is -2.11. The molecule has 1 unspecified atom stereocenters. The van der Waals surface area contributed by atoms with Gasteiger partial charge in [0.1, 0.15) is 12.0 Å². The quantitative estimate of drug-likeness (QED) is 0.536. The second kappa shape index (κ2) is 5.74. The monoisotopic (exact) mass is 228 g/mol. The van der Waals surface area contributed by atoms with Gasteiger partial charge in [0.2, 0.25) is 0 Å². The van der Waals surface area contributed by atoms with Gasteiger partial charge in [0.05, 0.1) is 19.8 Å². The van der Waals surface area contributed by atoms with Crippen LogP contribution in [0.1, 0.15) is 6.92 Å². The molecule has 15 heavy (non-hydrogen) atoms. The van der Waals surface area contributed by atoms with Gasteiger partial charge < -0.3 is 22.2 Å². The molecule has 1 heterocycles. The predicted molar refractivity (Wildman–Crippen MR) is 48.5 cm³/mol. The van der Waals surface area contributed by atoms with Crippen molar-refractivity contribution in [2.45, 2.75) is 6.92 Å². The first-order valence-electron chi connectivity index (χ1n) is 4.30. The van der Waals surface area contributed by atoms with E-state index in [1.165, 1.54) is 4.90 Å². The molecule has 88 valence electrons. The second-order valence-electron chi connectivity index (χ2n) is 3.26. The number of hydrogen-bond donors (Lipinski definition) is 1. The van der Waals surface area contributed by atoms with E-state index >= 15 is 0 Å². The summed E-state index contributed by atoms with van der Waals surface area (Å²) in [6.07, 6.45) is 4.01. The maximum Gasteiger partial charge on any atom is 0.673 e. The molecule has 0 bridgehead atoms. The maximum atomic E-state index is 10.6. The fraction of sp³-hybridized carbons (Fsp3) is 0.571. The van der Waals surface area contributed by atoms with E-state index in [0.29, 0.717) is 6.54 Å². The highest BCUT2D eigenvalue weighted by Crippen LogP contribution is 2.06. The minimum atomic E-state index is -6.00. The number of ketones is 1. The first kappa shape index (κ1) is 14.0. The molecule has 0 radical (unpaired) electrons. The molecule has 0 spiro atoms. The van der Waals surface area contributed by atoms with E-state index in [1.54, 1.807) is 6.92 Å². The first-order chi connectivity index (χ1) is 6.68. The highest BCUT2D eigenvalue weighted by molar-refractivity contribution is 6.50. The molecular formula is C7H13BF4N2O. The van der Waals surface area contributed by atoms with Gasteiger partial charge in [-0.15, -0.1) is 0 Å². The average molecular weight is 228 g/mol. The van der Waals surface area contributed by atoms with E-state index in [0.717, 1.165) is 6.67 Å². The molecule has 1 aliphatic rings. The van der Waals surface area contributed by atoms with E-state index in [9.17, 15) is 22.1 Å². The van der Waals surface area contributed by atoms with Crippen LogP contribution in [0.2, 0.25) is 0 Å². The van der Waals surface area contributed by atoms with Gasteiger partial charge in [0.15, 0.2) is 6.67 Å². The standard InChI is InChI=1S/C7H12N2O.BF4/c1-7(10)5-9-4-3-8(2)6-9;2-1(3,4)5/h3-4H,5-6H2,1-2H3;/q;-1/p+1. The second-order valence-corrected chi connectivity index (χ2v) is 3.26. The zero-order valence-corrected chi connectivity index (χ0v) is 8.51. The summed E-state index contributed by atoms with van der Waals surface area (Å²) in [6.45, 7) is 3.08. The van der Waals surface area contributed by atoms with Crippen molar-refractivity contribution in [3.63, 3.8) is 0 Å². The molecule has 0 aromatic rings. The number of nitrogens with zero attached hydrogens (tertiary/aromatic N) is 1. The minimum Gasteiger partial charge on any atom is -0.418 e. The highest BCUT2D eigenvalue weighted by Gasteiger charge is 2.20. The molecule has 0 saturated carbocycles. The van der Waals surface area contributed by atoms with Crippen molar-refractivity contribution in [2.75, 3.05) is 20.3 Å². The van der Waals surface area contributed by atoms with Crippen molar-refractivity contribution in [3.05, 3.63) is 12.4 Å². The molecular weight excluding hydrogens is 215 g/mol. The van der Waals surface area contributed by atoms with Crippen LogP contribution in [0.4, 0.5) is 17.3 Å². The van der Waals surface area contributed by atoms with Gasteiger partial charge in [-0.1, -0.05) is 0 Å². The Morgan fingerprint density at radius 3 is 2.20 bits per heavy atom. The lowest BCUT2D eigenvalue weighted by atomic mass is 10.3. The number of hydrogen-bond acceptors (Lipinski definition) is 2. The van der Waals surface area contributed by atoms with Crippen LogP contribution in [-0.4, -0.2) is 38.2 Å². The van der Waals surface area contributed by atoms with Crippen LogP contribution >= 0.6 is 0 Å². The summed E-state index contributed by atoms with van der Waals surface area (Å²) < 4.78 is 39.0. The van der Waals surface area contributed by atoms with E-state index < -0.39 is 7.25 Å². The summed E-state index contributed by atoms with van der Waals surface area (Å²) >= 11 is 0. The maximum absolute atomic E-state index is 10.6. The summed E-state index contributed by atoms with van der Waals surface area (Å²) in [4.78, 5) is 14.0. The smallest absolute Gasteiger partial charge is 0.418 e. The Labute approximate surface area is 85.4 Å². The summed E-state index contributed by atoms with van der Waals surface area (Å²) in [5.41, 5.74) is 0. The number of quaternary nitrogens is 1. The van der Waals surface area contributed by atoms with Crippen LogP contribution in [-0.2, 0) is 4.79 Å². The Morgan fingerprint density at radius 1 is 1.47 bits per heavy atom. The largest absolute Gasteiger partial charge is 0.673 e. The lowest BCUT2D eigenvalue weighted by molar-refractivity contribution is -0.826. The summed E-state index contributed by atoms with van der Waals surface area (Å²) in [5, 5.41) is 0. The van der Waals surface area contributed by atoms with Crippen LogP contribution in [0.15, 0.2) is 12.4 Å². The van der Waals surface area contributed by atoms with E-state index in [1.807, 2.05) is 17.3 Å². The van der Waals surface area contributed by atoms with Crippen molar-refractivity contribution in [3.8, 4) is 0 Å². The topological polar surface area (TPSA) is 24.8 Å². The van der Waals surface area contributed by atoms with E-state index in [4.69, 9.17) is 0 Å². The molecule has 3 nitrogen and oxygen atoms in total. The third kappa shape index (κ3) is 10.9. The van der Waals surface area contributed by atoms with Crippen molar-refractivity contribution in [2.24, 2.45) is 0 Å². The Morgan fingerprint density at radius 2 is 1.93 bits per heavy atom. The number of halogens is 4.